The lowest BCUT2D eigenvalue weighted by Crippen LogP contribution is -2.17. The average molecular weight is 227 g/mol. The first-order valence-corrected chi connectivity index (χ1v) is 6.31. The number of carbonyl (C=O) groups excluding carboxylic acids is 1. The first-order chi connectivity index (χ1) is 8.31. The number of hydrogen-bond acceptors (Lipinski definition) is 2. The zero-order valence-corrected chi connectivity index (χ0v) is 9.98. The number of nitriles is 1. The zero-order valence-electron chi connectivity index (χ0n) is 9.98. The summed E-state index contributed by atoms with van der Waals surface area (Å²) in [5, 5.41) is 8.59. The summed E-state index contributed by atoms with van der Waals surface area (Å²) in [6.45, 7) is 0. The maximum Gasteiger partial charge on any atom is 0.165 e. The summed E-state index contributed by atoms with van der Waals surface area (Å²) in [5.41, 5.74) is 1.78. The predicted octanol–water partition coefficient (Wildman–Crippen LogP) is 3.52. The van der Waals surface area contributed by atoms with Crippen LogP contribution in [0, 0.1) is 17.2 Å². The molecule has 1 aliphatic carbocycles. The molecule has 1 aliphatic rings. The third-order valence-electron chi connectivity index (χ3n) is 3.50. The van der Waals surface area contributed by atoms with Crippen molar-refractivity contribution in [3.63, 3.8) is 0 Å². The molecule has 1 fully saturated rings. The molecule has 2 heteroatoms. The van der Waals surface area contributed by atoms with Crippen LogP contribution in [-0.4, -0.2) is 5.78 Å². The van der Waals surface area contributed by atoms with E-state index in [0.29, 0.717) is 6.42 Å². The van der Waals surface area contributed by atoms with E-state index in [1.54, 1.807) is 0 Å². The SMILES string of the molecule is N#CCc1ccc(C(=O)C2CCCCC2)cc1. The number of ketones is 1. The summed E-state index contributed by atoms with van der Waals surface area (Å²) < 4.78 is 0. The van der Waals surface area contributed by atoms with Gasteiger partial charge in [0.1, 0.15) is 0 Å². The first kappa shape index (κ1) is 11.9. The molecule has 0 spiro atoms. The van der Waals surface area contributed by atoms with Gasteiger partial charge in [0.15, 0.2) is 5.78 Å². The molecule has 0 amide bonds. The summed E-state index contributed by atoms with van der Waals surface area (Å²) in [5.74, 6) is 0.513. The minimum Gasteiger partial charge on any atom is -0.294 e. The van der Waals surface area contributed by atoms with Crippen LogP contribution in [0.2, 0.25) is 0 Å². The van der Waals surface area contributed by atoms with Crippen molar-refractivity contribution in [2.75, 3.05) is 0 Å². The Morgan fingerprint density at radius 2 is 1.82 bits per heavy atom. The normalized spacial score (nSPS) is 16.4. The van der Waals surface area contributed by atoms with Crippen molar-refractivity contribution in [3.8, 4) is 6.07 Å². The van der Waals surface area contributed by atoms with Gasteiger partial charge >= 0.3 is 0 Å². The molecule has 88 valence electrons. The highest BCUT2D eigenvalue weighted by Crippen LogP contribution is 2.26. The number of nitrogens with zero attached hydrogens (tertiary/aromatic N) is 1. The summed E-state index contributed by atoms with van der Waals surface area (Å²) in [7, 11) is 0. The van der Waals surface area contributed by atoms with Gasteiger partial charge in [-0.25, -0.2) is 0 Å². The lowest BCUT2D eigenvalue weighted by molar-refractivity contribution is 0.0889. The van der Waals surface area contributed by atoms with E-state index in [0.717, 1.165) is 24.0 Å². The van der Waals surface area contributed by atoms with Gasteiger partial charge in [-0.2, -0.15) is 5.26 Å². The van der Waals surface area contributed by atoms with Gasteiger partial charge in [-0.3, -0.25) is 4.79 Å². The molecular weight excluding hydrogens is 210 g/mol. The average Bonchev–Trinajstić information content (AvgIpc) is 2.40. The van der Waals surface area contributed by atoms with Crippen molar-refractivity contribution in [1.29, 1.82) is 5.26 Å². The molecule has 2 nitrogen and oxygen atoms in total. The molecule has 1 aromatic rings. The number of hydrogen-bond donors (Lipinski definition) is 0. The van der Waals surface area contributed by atoms with E-state index in [1.807, 2.05) is 24.3 Å². The van der Waals surface area contributed by atoms with Gasteiger partial charge in [-0.1, -0.05) is 43.5 Å². The Balaban J connectivity index is 2.06. The molecule has 2 rings (SSSR count). The number of rotatable bonds is 3. The molecule has 0 aromatic heterocycles. The van der Waals surface area contributed by atoms with Crippen LogP contribution in [-0.2, 0) is 6.42 Å². The fourth-order valence-corrected chi connectivity index (χ4v) is 2.48. The van der Waals surface area contributed by atoms with Gasteiger partial charge in [-0.05, 0) is 18.4 Å². The van der Waals surface area contributed by atoms with Crippen molar-refractivity contribution in [1.82, 2.24) is 0 Å². The lowest BCUT2D eigenvalue weighted by atomic mass is 9.84. The molecule has 0 atom stereocenters. The molecular formula is C15H17NO. The van der Waals surface area contributed by atoms with Gasteiger partial charge in [0.2, 0.25) is 0 Å². The maximum absolute atomic E-state index is 12.2. The minimum absolute atomic E-state index is 0.227. The molecule has 0 N–H and O–H groups in total. The molecule has 0 heterocycles. The predicted molar refractivity (Wildman–Crippen MR) is 66.7 cm³/mol. The van der Waals surface area contributed by atoms with E-state index in [2.05, 4.69) is 6.07 Å². The Kier molecular flexibility index (Phi) is 3.93. The van der Waals surface area contributed by atoms with E-state index >= 15 is 0 Å². The van der Waals surface area contributed by atoms with E-state index < -0.39 is 0 Å². The molecule has 1 saturated carbocycles. The van der Waals surface area contributed by atoms with Crippen molar-refractivity contribution in [2.45, 2.75) is 38.5 Å². The number of benzene rings is 1. The van der Waals surface area contributed by atoms with Crippen molar-refractivity contribution < 1.29 is 4.79 Å². The van der Waals surface area contributed by atoms with Crippen LogP contribution < -0.4 is 0 Å². The first-order valence-electron chi connectivity index (χ1n) is 6.31. The molecule has 17 heavy (non-hydrogen) atoms. The van der Waals surface area contributed by atoms with Gasteiger partial charge in [-0.15, -0.1) is 0 Å². The summed E-state index contributed by atoms with van der Waals surface area (Å²) in [4.78, 5) is 12.2. The number of Topliss-reactive ketones (excluding diaryl/α,β-unsaturated/α-hetero) is 1. The Bertz CT molecular complexity index is 421. The Labute approximate surface area is 102 Å². The van der Waals surface area contributed by atoms with Gasteiger partial charge in [0.05, 0.1) is 12.5 Å². The third-order valence-corrected chi connectivity index (χ3v) is 3.50. The van der Waals surface area contributed by atoms with Crippen LogP contribution >= 0.6 is 0 Å². The van der Waals surface area contributed by atoms with E-state index in [9.17, 15) is 4.79 Å². The monoisotopic (exact) mass is 227 g/mol. The Morgan fingerprint density at radius 1 is 1.18 bits per heavy atom. The summed E-state index contributed by atoms with van der Waals surface area (Å²) in [6, 6.07) is 9.62. The van der Waals surface area contributed by atoms with Crippen LogP contribution in [0.4, 0.5) is 0 Å². The lowest BCUT2D eigenvalue weighted by Gasteiger charge is -2.20. The largest absolute Gasteiger partial charge is 0.294 e. The van der Waals surface area contributed by atoms with E-state index in [1.165, 1.54) is 19.3 Å². The summed E-state index contributed by atoms with van der Waals surface area (Å²) >= 11 is 0. The molecule has 0 bridgehead atoms. The van der Waals surface area contributed by atoms with Gasteiger partial charge < -0.3 is 0 Å². The van der Waals surface area contributed by atoms with E-state index in [4.69, 9.17) is 5.26 Å². The third kappa shape index (κ3) is 2.94. The quantitative estimate of drug-likeness (QED) is 0.741. The second-order valence-electron chi connectivity index (χ2n) is 4.73. The van der Waals surface area contributed by atoms with Crippen LogP contribution in [0.15, 0.2) is 24.3 Å². The second-order valence-corrected chi connectivity index (χ2v) is 4.73. The maximum atomic E-state index is 12.2. The Hall–Kier alpha value is -1.62. The Morgan fingerprint density at radius 3 is 2.41 bits per heavy atom. The van der Waals surface area contributed by atoms with E-state index in [-0.39, 0.29) is 11.7 Å². The van der Waals surface area contributed by atoms with Gasteiger partial charge in [0, 0.05) is 11.5 Å². The van der Waals surface area contributed by atoms with Crippen LogP contribution in [0.25, 0.3) is 0 Å². The molecule has 1 aromatic carbocycles. The highest BCUT2D eigenvalue weighted by Gasteiger charge is 2.21. The molecule has 0 saturated heterocycles. The highest BCUT2D eigenvalue weighted by molar-refractivity contribution is 5.97. The van der Waals surface area contributed by atoms with Crippen molar-refractivity contribution in [2.24, 2.45) is 5.92 Å². The summed E-state index contributed by atoms with van der Waals surface area (Å²) in [6.07, 6.45) is 6.13. The smallest absolute Gasteiger partial charge is 0.165 e. The number of carbonyl (C=O) groups is 1. The van der Waals surface area contributed by atoms with Crippen LogP contribution in [0.5, 0.6) is 0 Å². The molecule has 0 unspecified atom stereocenters. The topological polar surface area (TPSA) is 40.9 Å². The van der Waals surface area contributed by atoms with Crippen LogP contribution in [0.1, 0.15) is 48.0 Å². The zero-order chi connectivity index (χ0) is 12.1. The fraction of sp³-hybridized carbons (Fsp3) is 0.467. The highest BCUT2D eigenvalue weighted by atomic mass is 16.1. The molecule has 0 radical (unpaired) electrons. The minimum atomic E-state index is 0.227. The van der Waals surface area contributed by atoms with Crippen LogP contribution in [0.3, 0.4) is 0 Å². The van der Waals surface area contributed by atoms with Crippen molar-refractivity contribution in [3.05, 3.63) is 35.4 Å². The standard InChI is InChI=1S/C15H17NO/c16-11-10-12-6-8-14(9-7-12)15(17)13-4-2-1-3-5-13/h6-9,13H,1-5,10H2. The fourth-order valence-electron chi connectivity index (χ4n) is 2.48. The molecule has 0 aliphatic heterocycles. The van der Waals surface area contributed by atoms with Crippen molar-refractivity contribution >= 4 is 5.78 Å². The second kappa shape index (κ2) is 5.63. The van der Waals surface area contributed by atoms with Gasteiger partial charge in [0.25, 0.3) is 0 Å².